The summed E-state index contributed by atoms with van der Waals surface area (Å²) < 4.78 is 10.6. The molecule has 157 valence electrons. The topological polar surface area (TPSA) is 100 Å². The number of ether oxygens (including phenoxy) is 2. The largest absolute Gasteiger partial charge is 2.00 e. The molecule has 0 aromatic heterocycles. The van der Waals surface area contributed by atoms with E-state index in [-0.39, 0.29) is 34.8 Å². The van der Waals surface area contributed by atoms with Crippen LogP contribution in [0.4, 0.5) is 0 Å². The first-order chi connectivity index (χ1) is 13.4. The molecule has 7 nitrogen and oxygen atoms in total. The zero-order chi connectivity index (χ0) is 21.1. The van der Waals surface area contributed by atoms with Gasteiger partial charge in [0.05, 0.1) is 12.7 Å². The monoisotopic (exact) mass is 478 g/mol. The Kier molecular flexibility index (Phi) is 13.4. The Balaban J connectivity index is 0.00000100. The summed E-state index contributed by atoms with van der Waals surface area (Å²) in [4.78, 5) is 26.7. The second-order valence-corrected chi connectivity index (χ2v) is 6.61. The average Bonchev–Trinajstić information content (AvgIpc) is 2.92. The van der Waals surface area contributed by atoms with Crippen molar-refractivity contribution in [2.24, 2.45) is 5.92 Å². The first-order valence-corrected chi connectivity index (χ1v) is 9.35. The van der Waals surface area contributed by atoms with E-state index in [2.05, 4.69) is 29.3 Å². The predicted molar refractivity (Wildman–Crippen MR) is 112 cm³/mol. The Morgan fingerprint density at radius 2 is 1.69 bits per heavy atom. The maximum atomic E-state index is 12.3. The van der Waals surface area contributed by atoms with Crippen LogP contribution in [-0.2, 0) is 31.0 Å². The molecular weight excluding hydrogens is 457 g/mol. The molecule has 1 aromatic rings. The number of methoxy groups -OCH3 is 1. The van der Waals surface area contributed by atoms with Crippen molar-refractivity contribution in [2.75, 3.05) is 14.2 Å². The molecule has 1 aromatic carbocycles. The predicted octanol–water partition coefficient (Wildman–Crippen LogP) is 3.18. The molecule has 0 amide bonds. The summed E-state index contributed by atoms with van der Waals surface area (Å²) in [7, 11) is 3.42. The van der Waals surface area contributed by atoms with E-state index in [1.807, 2.05) is 13.1 Å². The third-order valence-corrected chi connectivity index (χ3v) is 4.96. The van der Waals surface area contributed by atoms with Gasteiger partial charge in [-0.25, -0.2) is 4.79 Å². The molecule has 0 aliphatic carbocycles. The number of carbonyl (C=O) groups excluding carboxylic acids is 2. The Hall–Kier alpha value is -1.77. The summed E-state index contributed by atoms with van der Waals surface area (Å²) in [6, 6.07) is 9.36. The fraction of sp³-hybridized carbons (Fsp3) is 0.474. The van der Waals surface area contributed by atoms with Gasteiger partial charge in [0.2, 0.25) is 0 Å². The maximum Gasteiger partial charge on any atom is 2.00 e. The molecule has 2 heterocycles. The van der Waals surface area contributed by atoms with Crippen LogP contribution in [0.15, 0.2) is 30.3 Å². The summed E-state index contributed by atoms with van der Waals surface area (Å²) in [6.07, 6.45) is 2.26. The zero-order valence-corrected chi connectivity index (χ0v) is 18.6. The van der Waals surface area contributed by atoms with Gasteiger partial charge in [-0.2, -0.15) is 10.3 Å². The Morgan fingerprint density at radius 1 is 1.14 bits per heavy atom. The number of hydrogen-bond acceptors (Lipinski definition) is 7. The van der Waals surface area contributed by atoms with E-state index >= 15 is 0 Å². The molecule has 4 unspecified atom stereocenters. The third-order valence-electron chi connectivity index (χ3n) is 4.96. The Bertz CT molecular complexity index is 726. The molecule has 29 heavy (non-hydrogen) atoms. The molecule has 0 spiro atoms. The minimum Gasteiger partial charge on any atom is -0.753 e. The van der Waals surface area contributed by atoms with Crippen LogP contribution in [0, 0.1) is 5.92 Å². The van der Waals surface area contributed by atoms with Crippen LogP contribution in [0.3, 0.4) is 0 Å². The second-order valence-electron chi connectivity index (χ2n) is 6.24. The van der Waals surface area contributed by atoms with Crippen molar-refractivity contribution < 1.29 is 35.8 Å². The number of benzene rings is 1. The summed E-state index contributed by atoms with van der Waals surface area (Å²) in [6.45, 7) is 0. The molecule has 2 fully saturated rings. The maximum absolute atomic E-state index is 12.3. The number of piperidine rings is 1. The molecule has 2 aliphatic heterocycles. The van der Waals surface area contributed by atoms with Gasteiger partial charge in [-0.1, -0.05) is 42.6 Å². The second kappa shape index (κ2) is 14.2. The van der Waals surface area contributed by atoms with Crippen molar-refractivity contribution in [1.29, 1.82) is 0 Å². The van der Waals surface area contributed by atoms with E-state index < -0.39 is 12.0 Å². The SMILES string of the molecule is COC(=O)C1C(OC(=O)c2ccccc2)CC2CCC1N2C.[Co+2].[N-]=C=S.[N-]=C=S. The van der Waals surface area contributed by atoms with Crippen LogP contribution < -0.4 is 0 Å². The number of rotatable bonds is 3. The van der Waals surface area contributed by atoms with Crippen molar-refractivity contribution in [2.45, 2.75) is 37.5 Å². The summed E-state index contributed by atoms with van der Waals surface area (Å²) in [5, 5.41) is 16.9. The van der Waals surface area contributed by atoms with Crippen LogP contribution in [0.1, 0.15) is 29.6 Å². The molecular formula is C19H21CoN3O4S2. The van der Waals surface area contributed by atoms with E-state index in [4.69, 9.17) is 20.3 Å². The Morgan fingerprint density at radius 3 is 2.21 bits per heavy atom. The van der Waals surface area contributed by atoms with E-state index in [1.54, 1.807) is 24.3 Å². The summed E-state index contributed by atoms with van der Waals surface area (Å²) >= 11 is 7.40. The molecule has 2 aliphatic rings. The normalized spacial score (nSPS) is 23.9. The summed E-state index contributed by atoms with van der Waals surface area (Å²) in [5.41, 5.74) is 0.511. The fourth-order valence-electron chi connectivity index (χ4n) is 3.77. The van der Waals surface area contributed by atoms with Gasteiger partial charge in [-0.3, -0.25) is 9.69 Å². The minimum atomic E-state index is -0.408. The summed E-state index contributed by atoms with van der Waals surface area (Å²) in [5.74, 6) is -1.06. The van der Waals surface area contributed by atoms with Gasteiger partial charge < -0.3 is 20.3 Å². The molecule has 0 saturated carbocycles. The minimum absolute atomic E-state index is 0. The molecule has 10 heteroatoms. The number of esters is 2. The first kappa shape index (κ1) is 27.2. The third kappa shape index (κ3) is 7.53. The van der Waals surface area contributed by atoms with Crippen molar-refractivity contribution >= 4 is 46.7 Å². The smallest absolute Gasteiger partial charge is 0.753 e. The average molecular weight is 478 g/mol. The number of isothiocyanates is 2. The number of carbonyl (C=O) groups is 2. The van der Waals surface area contributed by atoms with E-state index in [0.717, 1.165) is 12.8 Å². The molecule has 2 saturated heterocycles. The molecule has 3 rings (SSSR count). The van der Waals surface area contributed by atoms with Crippen LogP contribution in [0.2, 0.25) is 0 Å². The Labute approximate surface area is 191 Å². The van der Waals surface area contributed by atoms with Crippen molar-refractivity contribution in [1.82, 2.24) is 4.90 Å². The molecule has 2 bridgehead atoms. The van der Waals surface area contributed by atoms with Gasteiger partial charge in [-0.05, 0) is 32.0 Å². The van der Waals surface area contributed by atoms with Crippen LogP contribution in [0.5, 0.6) is 0 Å². The quantitative estimate of drug-likeness (QED) is 0.374. The molecule has 0 N–H and O–H groups in total. The number of thiocarbonyl (C=S) groups is 2. The number of fused-ring (bicyclic) bond motifs is 2. The van der Waals surface area contributed by atoms with Crippen molar-refractivity contribution in [3.8, 4) is 0 Å². The van der Waals surface area contributed by atoms with Gasteiger partial charge in [0.1, 0.15) is 12.0 Å². The van der Waals surface area contributed by atoms with Crippen LogP contribution >= 0.6 is 24.4 Å². The first-order valence-electron chi connectivity index (χ1n) is 8.53. The van der Waals surface area contributed by atoms with Crippen molar-refractivity contribution in [3.05, 3.63) is 46.7 Å². The number of hydrogen-bond donors (Lipinski definition) is 0. The van der Waals surface area contributed by atoms with E-state index in [9.17, 15) is 9.59 Å². The standard InChI is InChI=1S/C17H21NO4.2CNS.Co/c1-18-12-8-9-13(18)15(17(20)21-2)14(10-12)22-16(19)11-6-4-3-5-7-11;2*2-1-3;/h3-7,12-15H,8-10H2,1-2H3;;;/q;2*-1;+2. The van der Waals surface area contributed by atoms with Gasteiger partial charge in [0, 0.05) is 18.5 Å². The van der Waals surface area contributed by atoms with Gasteiger partial charge in [-0.15, -0.1) is 0 Å². The van der Waals surface area contributed by atoms with E-state index in [1.165, 1.54) is 17.4 Å². The van der Waals surface area contributed by atoms with Gasteiger partial charge >= 0.3 is 28.7 Å². The molecule has 4 atom stereocenters. The number of nitrogens with zero attached hydrogens (tertiary/aromatic N) is 3. The zero-order valence-electron chi connectivity index (χ0n) is 15.9. The van der Waals surface area contributed by atoms with Gasteiger partial charge in [0.15, 0.2) is 0 Å². The van der Waals surface area contributed by atoms with E-state index in [0.29, 0.717) is 18.0 Å². The molecule has 1 radical (unpaired) electrons. The van der Waals surface area contributed by atoms with Crippen LogP contribution in [0.25, 0.3) is 10.8 Å². The van der Waals surface area contributed by atoms with Gasteiger partial charge in [0.25, 0.3) is 0 Å². The van der Waals surface area contributed by atoms with Crippen molar-refractivity contribution in [3.63, 3.8) is 0 Å². The fourth-order valence-corrected chi connectivity index (χ4v) is 3.77. The van der Waals surface area contributed by atoms with Crippen LogP contribution in [-0.4, -0.2) is 59.5 Å².